The molecule has 0 saturated carbocycles. The molecule has 1 saturated heterocycles. The van der Waals surface area contributed by atoms with Gasteiger partial charge in [0, 0.05) is 5.56 Å². The Hall–Kier alpha value is -1.72. The molecule has 24 heavy (non-hydrogen) atoms. The Balaban J connectivity index is 1.56. The molecule has 0 aliphatic carbocycles. The predicted octanol–water partition coefficient (Wildman–Crippen LogP) is 4.60. The molecule has 3 rings (SSSR count). The number of esters is 1. The van der Waals surface area contributed by atoms with Gasteiger partial charge in [-0.15, -0.1) is 23.5 Å². The van der Waals surface area contributed by atoms with Gasteiger partial charge in [-0.3, -0.25) is 4.79 Å². The first-order valence-corrected chi connectivity index (χ1v) is 9.92. The van der Waals surface area contributed by atoms with E-state index in [0.29, 0.717) is 15.7 Å². The van der Waals surface area contributed by atoms with E-state index in [1.165, 1.54) is 23.5 Å². The Bertz CT molecular complexity index is 692. The van der Waals surface area contributed by atoms with Crippen molar-refractivity contribution in [2.24, 2.45) is 0 Å². The van der Waals surface area contributed by atoms with E-state index in [1.807, 2.05) is 41.7 Å². The second kappa shape index (κ2) is 8.40. The van der Waals surface area contributed by atoms with E-state index in [2.05, 4.69) is 0 Å². The first-order valence-electron chi connectivity index (χ1n) is 7.82. The lowest BCUT2D eigenvalue weighted by molar-refractivity contribution is 0.0475. The van der Waals surface area contributed by atoms with Crippen molar-refractivity contribution in [1.82, 2.24) is 0 Å². The lowest BCUT2D eigenvalue weighted by atomic mass is 10.1. The summed E-state index contributed by atoms with van der Waals surface area (Å²) >= 11 is 3.89. The summed E-state index contributed by atoms with van der Waals surface area (Å²) in [6.07, 6.45) is 1.26. The fourth-order valence-electron chi connectivity index (χ4n) is 2.38. The van der Waals surface area contributed by atoms with Crippen molar-refractivity contribution in [3.05, 3.63) is 71.3 Å². The average Bonchev–Trinajstić information content (AvgIpc) is 2.67. The predicted molar refractivity (Wildman–Crippen MR) is 99.8 cm³/mol. The third-order valence-corrected chi connectivity index (χ3v) is 6.69. The number of benzene rings is 2. The van der Waals surface area contributed by atoms with E-state index in [1.54, 1.807) is 36.4 Å². The van der Waals surface area contributed by atoms with Crippen LogP contribution in [-0.4, -0.2) is 29.9 Å². The smallest absolute Gasteiger partial charge is 0.338 e. The minimum Gasteiger partial charge on any atom is -0.454 e. The molecule has 1 heterocycles. The quantitative estimate of drug-likeness (QED) is 0.577. The molecule has 1 fully saturated rings. The van der Waals surface area contributed by atoms with Gasteiger partial charge in [0.2, 0.25) is 0 Å². The molecule has 2 aromatic rings. The summed E-state index contributed by atoms with van der Waals surface area (Å²) in [6.45, 7) is -0.237. The van der Waals surface area contributed by atoms with Crippen LogP contribution in [-0.2, 0) is 4.74 Å². The fraction of sp³-hybridized carbons (Fsp3) is 0.263. The molecule has 0 aromatic heterocycles. The van der Waals surface area contributed by atoms with Crippen molar-refractivity contribution in [2.45, 2.75) is 11.0 Å². The van der Waals surface area contributed by atoms with Gasteiger partial charge in [0.15, 0.2) is 12.4 Å². The molecular formula is C19H18O3S2. The number of hydrogen-bond acceptors (Lipinski definition) is 5. The van der Waals surface area contributed by atoms with Crippen LogP contribution in [0.1, 0.15) is 37.3 Å². The van der Waals surface area contributed by atoms with Crippen LogP contribution in [0.5, 0.6) is 0 Å². The molecule has 1 aliphatic rings. The minimum absolute atomic E-state index is 0.199. The van der Waals surface area contributed by atoms with Crippen LogP contribution in [0.3, 0.4) is 0 Å². The van der Waals surface area contributed by atoms with Gasteiger partial charge in [-0.1, -0.05) is 42.5 Å². The first kappa shape index (κ1) is 17.1. The third-order valence-electron chi connectivity index (χ3n) is 3.68. The average molecular weight is 358 g/mol. The number of hydrogen-bond donors (Lipinski definition) is 0. The number of Topliss-reactive ketones (excluding diaryl/α,β-unsaturated/α-hetero) is 1. The van der Waals surface area contributed by atoms with E-state index >= 15 is 0 Å². The van der Waals surface area contributed by atoms with Crippen LogP contribution in [0.2, 0.25) is 0 Å². The number of ether oxygens (including phenoxy) is 1. The van der Waals surface area contributed by atoms with Gasteiger partial charge in [-0.05, 0) is 35.6 Å². The van der Waals surface area contributed by atoms with Crippen molar-refractivity contribution in [3.63, 3.8) is 0 Å². The van der Waals surface area contributed by atoms with Crippen LogP contribution < -0.4 is 0 Å². The highest BCUT2D eigenvalue weighted by atomic mass is 32.2. The van der Waals surface area contributed by atoms with E-state index in [9.17, 15) is 9.59 Å². The summed E-state index contributed by atoms with van der Waals surface area (Å²) in [5, 5.41) is 0. The molecule has 0 bridgehead atoms. The van der Waals surface area contributed by atoms with Gasteiger partial charge in [0.25, 0.3) is 0 Å². The van der Waals surface area contributed by atoms with E-state index in [0.717, 1.165) is 0 Å². The number of thioether (sulfide) groups is 2. The van der Waals surface area contributed by atoms with Crippen molar-refractivity contribution < 1.29 is 14.3 Å². The zero-order chi connectivity index (χ0) is 16.8. The van der Waals surface area contributed by atoms with Crippen molar-refractivity contribution in [1.29, 1.82) is 0 Å². The number of carbonyl (C=O) groups excluding carboxylic acids is 2. The maximum atomic E-state index is 12.1. The first-order chi connectivity index (χ1) is 11.7. The lowest BCUT2D eigenvalue weighted by Gasteiger charge is -2.21. The molecule has 0 radical (unpaired) electrons. The van der Waals surface area contributed by atoms with Gasteiger partial charge < -0.3 is 4.74 Å². The molecule has 2 aromatic carbocycles. The molecule has 5 heteroatoms. The molecular weight excluding hydrogens is 340 g/mol. The van der Waals surface area contributed by atoms with E-state index < -0.39 is 5.97 Å². The van der Waals surface area contributed by atoms with Crippen molar-refractivity contribution >= 4 is 35.3 Å². The lowest BCUT2D eigenvalue weighted by Crippen LogP contribution is -2.14. The van der Waals surface area contributed by atoms with Gasteiger partial charge in [0.1, 0.15) is 0 Å². The molecule has 0 unspecified atom stereocenters. The van der Waals surface area contributed by atoms with Crippen LogP contribution in [0, 0.1) is 0 Å². The molecule has 124 valence electrons. The van der Waals surface area contributed by atoms with Crippen LogP contribution in [0.15, 0.2) is 54.6 Å². The second-order valence-corrected chi connectivity index (χ2v) is 8.14. The SMILES string of the molecule is O=C(COC(=O)c1ccc(C2SCCCS2)cc1)c1ccccc1. The standard InChI is InChI=1S/C19H18O3S2/c20-17(14-5-2-1-3-6-14)13-22-18(21)15-7-9-16(10-8-15)19-23-11-4-12-24-19/h1-3,5-10,19H,4,11-13H2. The second-order valence-electron chi connectivity index (χ2n) is 5.41. The maximum absolute atomic E-state index is 12.1. The van der Waals surface area contributed by atoms with E-state index in [-0.39, 0.29) is 12.4 Å². The van der Waals surface area contributed by atoms with Crippen molar-refractivity contribution in [2.75, 3.05) is 18.1 Å². The largest absolute Gasteiger partial charge is 0.454 e. The molecule has 0 N–H and O–H groups in total. The number of ketones is 1. The molecule has 0 spiro atoms. The molecule has 3 nitrogen and oxygen atoms in total. The Morgan fingerprint density at radius 3 is 2.25 bits per heavy atom. The Morgan fingerprint density at radius 2 is 1.58 bits per heavy atom. The highest BCUT2D eigenvalue weighted by molar-refractivity contribution is 8.16. The summed E-state index contributed by atoms with van der Waals surface area (Å²) in [6, 6.07) is 16.4. The Morgan fingerprint density at radius 1 is 0.917 bits per heavy atom. The van der Waals surface area contributed by atoms with Crippen LogP contribution in [0.4, 0.5) is 0 Å². The van der Waals surface area contributed by atoms with Crippen LogP contribution in [0.25, 0.3) is 0 Å². The Labute approximate surface area is 150 Å². The fourth-order valence-corrected chi connectivity index (χ4v) is 5.27. The van der Waals surface area contributed by atoms with Crippen molar-refractivity contribution in [3.8, 4) is 0 Å². The van der Waals surface area contributed by atoms with Gasteiger partial charge >= 0.3 is 5.97 Å². The molecule has 0 atom stereocenters. The molecule has 1 aliphatic heterocycles. The number of rotatable bonds is 5. The maximum Gasteiger partial charge on any atom is 0.338 e. The number of carbonyl (C=O) groups is 2. The highest BCUT2D eigenvalue weighted by Crippen LogP contribution is 2.43. The Kier molecular flexibility index (Phi) is 5.99. The summed E-state index contributed by atoms with van der Waals surface area (Å²) in [4.78, 5) is 24.0. The minimum atomic E-state index is -0.463. The van der Waals surface area contributed by atoms with Gasteiger partial charge in [-0.2, -0.15) is 0 Å². The van der Waals surface area contributed by atoms with E-state index in [4.69, 9.17) is 4.74 Å². The molecule has 0 amide bonds. The van der Waals surface area contributed by atoms with Gasteiger partial charge in [-0.25, -0.2) is 4.79 Å². The third kappa shape index (κ3) is 4.42. The summed E-state index contributed by atoms with van der Waals surface area (Å²) < 4.78 is 5.58. The van der Waals surface area contributed by atoms with Gasteiger partial charge in [0.05, 0.1) is 10.1 Å². The highest BCUT2D eigenvalue weighted by Gasteiger charge is 2.17. The zero-order valence-corrected chi connectivity index (χ0v) is 14.8. The summed E-state index contributed by atoms with van der Waals surface area (Å²) in [5.74, 6) is 1.71. The summed E-state index contributed by atoms with van der Waals surface area (Å²) in [5.41, 5.74) is 2.25. The summed E-state index contributed by atoms with van der Waals surface area (Å²) in [7, 11) is 0. The van der Waals surface area contributed by atoms with Crippen LogP contribution >= 0.6 is 23.5 Å². The topological polar surface area (TPSA) is 43.4 Å². The zero-order valence-electron chi connectivity index (χ0n) is 13.1. The monoisotopic (exact) mass is 358 g/mol. The normalized spacial score (nSPS) is 15.0.